The molecule has 1 aliphatic carbocycles. The number of hydrogen-bond acceptors (Lipinski definition) is 2. The summed E-state index contributed by atoms with van der Waals surface area (Å²) in [6.45, 7) is 1.75. The van der Waals surface area contributed by atoms with Gasteiger partial charge in [-0.1, -0.05) is 25.0 Å². The van der Waals surface area contributed by atoms with E-state index in [1.807, 2.05) is 0 Å². The summed E-state index contributed by atoms with van der Waals surface area (Å²) in [5, 5.41) is 12.7. The number of aliphatic hydroxyl groups is 1. The van der Waals surface area contributed by atoms with E-state index in [4.69, 9.17) is 0 Å². The molecule has 0 spiro atoms. The average Bonchev–Trinajstić information content (AvgIpc) is 2.40. The number of nitrogens with one attached hydrogen (secondary N) is 1. The van der Waals surface area contributed by atoms with Gasteiger partial charge in [-0.2, -0.15) is 0 Å². The molecule has 0 bridgehead atoms. The van der Waals surface area contributed by atoms with Gasteiger partial charge in [0.05, 0.1) is 18.1 Å². The number of carbonyl (C=O) groups excluding carboxylic acids is 1. The Hall–Kier alpha value is -1.42. The van der Waals surface area contributed by atoms with Crippen LogP contribution in [0, 0.1) is 5.82 Å². The summed E-state index contributed by atoms with van der Waals surface area (Å²) in [7, 11) is 0. The van der Waals surface area contributed by atoms with Crippen LogP contribution in [0.4, 0.5) is 4.39 Å². The smallest absolute Gasteiger partial charge is 0.227 e. The lowest BCUT2D eigenvalue weighted by atomic mass is 9.91. The Balaban J connectivity index is 1.99. The predicted molar refractivity (Wildman–Crippen MR) is 71.2 cm³/mol. The van der Waals surface area contributed by atoms with Gasteiger partial charge in [0.15, 0.2) is 0 Å². The van der Waals surface area contributed by atoms with Crippen molar-refractivity contribution in [1.82, 2.24) is 5.32 Å². The highest BCUT2D eigenvalue weighted by Crippen LogP contribution is 2.21. The molecule has 0 aromatic heterocycles. The van der Waals surface area contributed by atoms with Crippen molar-refractivity contribution in [2.75, 3.05) is 0 Å². The van der Waals surface area contributed by atoms with Crippen molar-refractivity contribution in [1.29, 1.82) is 0 Å². The highest BCUT2D eigenvalue weighted by atomic mass is 19.1. The standard InChI is InChI=1S/C15H20FNO2/c1-10(11-5-4-6-12(16)9-11)15(19)17-13-7-2-3-8-14(13)18/h4-6,9-10,13-14,18H,2-3,7-8H2,1H3,(H,17,19). The molecule has 2 N–H and O–H groups in total. The van der Waals surface area contributed by atoms with E-state index in [2.05, 4.69) is 5.32 Å². The quantitative estimate of drug-likeness (QED) is 0.881. The minimum Gasteiger partial charge on any atom is -0.391 e. The highest BCUT2D eigenvalue weighted by molar-refractivity contribution is 5.83. The van der Waals surface area contributed by atoms with Crippen molar-refractivity contribution < 1.29 is 14.3 Å². The second kappa shape index (κ2) is 6.15. The van der Waals surface area contributed by atoms with Gasteiger partial charge in [0.1, 0.15) is 5.82 Å². The Morgan fingerprint density at radius 2 is 2.16 bits per heavy atom. The Labute approximate surface area is 112 Å². The summed E-state index contributed by atoms with van der Waals surface area (Å²) in [6, 6.07) is 5.91. The van der Waals surface area contributed by atoms with Crippen LogP contribution in [0.25, 0.3) is 0 Å². The van der Waals surface area contributed by atoms with Crippen LogP contribution in [-0.4, -0.2) is 23.2 Å². The van der Waals surface area contributed by atoms with Crippen molar-refractivity contribution in [3.05, 3.63) is 35.6 Å². The van der Waals surface area contributed by atoms with E-state index in [0.29, 0.717) is 5.56 Å². The fourth-order valence-electron chi connectivity index (χ4n) is 2.51. The van der Waals surface area contributed by atoms with Crippen LogP contribution in [0.3, 0.4) is 0 Å². The minimum atomic E-state index is -0.461. The molecule has 0 saturated heterocycles. The van der Waals surface area contributed by atoms with Gasteiger partial charge in [-0.25, -0.2) is 4.39 Å². The third-order valence-electron chi connectivity index (χ3n) is 3.80. The maximum atomic E-state index is 13.1. The SMILES string of the molecule is CC(C(=O)NC1CCCCC1O)c1cccc(F)c1. The zero-order chi connectivity index (χ0) is 13.8. The van der Waals surface area contributed by atoms with Crippen molar-refractivity contribution in [2.45, 2.75) is 50.7 Å². The summed E-state index contributed by atoms with van der Waals surface area (Å²) in [5.74, 6) is -0.906. The molecule has 1 amide bonds. The molecule has 3 nitrogen and oxygen atoms in total. The van der Waals surface area contributed by atoms with Gasteiger partial charge >= 0.3 is 0 Å². The highest BCUT2D eigenvalue weighted by Gasteiger charge is 2.26. The molecule has 1 aromatic rings. The first kappa shape index (κ1) is 14.0. The van der Waals surface area contributed by atoms with Gasteiger partial charge in [0.2, 0.25) is 5.91 Å². The molecule has 0 heterocycles. The van der Waals surface area contributed by atoms with E-state index >= 15 is 0 Å². The van der Waals surface area contributed by atoms with E-state index in [1.165, 1.54) is 12.1 Å². The van der Waals surface area contributed by atoms with E-state index in [9.17, 15) is 14.3 Å². The molecule has 0 radical (unpaired) electrons. The molecule has 19 heavy (non-hydrogen) atoms. The molecule has 4 heteroatoms. The molecule has 0 aliphatic heterocycles. The van der Waals surface area contributed by atoms with Crippen molar-refractivity contribution >= 4 is 5.91 Å². The van der Waals surface area contributed by atoms with Gasteiger partial charge in [-0.05, 0) is 37.5 Å². The summed E-state index contributed by atoms with van der Waals surface area (Å²) in [5.41, 5.74) is 0.655. The van der Waals surface area contributed by atoms with Crippen LogP contribution in [0.2, 0.25) is 0 Å². The molecule has 1 aliphatic rings. The zero-order valence-electron chi connectivity index (χ0n) is 11.1. The Bertz CT molecular complexity index is 450. The first-order valence-corrected chi connectivity index (χ1v) is 6.82. The first-order chi connectivity index (χ1) is 9.08. The van der Waals surface area contributed by atoms with Crippen LogP contribution in [0.15, 0.2) is 24.3 Å². The van der Waals surface area contributed by atoms with Crippen LogP contribution in [0.5, 0.6) is 0 Å². The van der Waals surface area contributed by atoms with E-state index in [0.717, 1.165) is 25.7 Å². The van der Waals surface area contributed by atoms with Crippen molar-refractivity contribution in [3.63, 3.8) is 0 Å². The van der Waals surface area contributed by atoms with Crippen LogP contribution in [0.1, 0.15) is 44.1 Å². The lowest BCUT2D eigenvalue weighted by Gasteiger charge is -2.29. The molecule has 1 fully saturated rings. The molecule has 3 unspecified atom stereocenters. The van der Waals surface area contributed by atoms with E-state index < -0.39 is 12.0 Å². The summed E-state index contributed by atoms with van der Waals surface area (Å²) in [4.78, 5) is 12.1. The predicted octanol–water partition coefficient (Wildman–Crippen LogP) is 2.35. The zero-order valence-corrected chi connectivity index (χ0v) is 11.1. The van der Waals surface area contributed by atoms with E-state index in [1.54, 1.807) is 19.1 Å². The monoisotopic (exact) mass is 265 g/mol. The maximum Gasteiger partial charge on any atom is 0.227 e. The van der Waals surface area contributed by atoms with Gasteiger partial charge in [0.25, 0.3) is 0 Å². The summed E-state index contributed by atoms with van der Waals surface area (Å²) >= 11 is 0. The van der Waals surface area contributed by atoms with Gasteiger partial charge in [-0.3, -0.25) is 4.79 Å². The molecule has 1 aromatic carbocycles. The number of halogens is 1. The molecular formula is C15H20FNO2. The normalized spacial score (nSPS) is 24.8. The lowest BCUT2D eigenvalue weighted by molar-refractivity contribution is -0.124. The number of rotatable bonds is 3. The van der Waals surface area contributed by atoms with Crippen molar-refractivity contribution in [3.8, 4) is 0 Å². The van der Waals surface area contributed by atoms with Crippen LogP contribution < -0.4 is 5.32 Å². The lowest BCUT2D eigenvalue weighted by Crippen LogP contribution is -2.46. The average molecular weight is 265 g/mol. The fraction of sp³-hybridized carbons (Fsp3) is 0.533. The second-order valence-electron chi connectivity index (χ2n) is 5.24. The van der Waals surface area contributed by atoms with Crippen LogP contribution in [-0.2, 0) is 4.79 Å². The Morgan fingerprint density at radius 3 is 2.84 bits per heavy atom. The topological polar surface area (TPSA) is 49.3 Å². The van der Waals surface area contributed by atoms with Gasteiger partial charge in [0, 0.05) is 0 Å². The van der Waals surface area contributed by atoms with Crippen LogP contribution >= 0.6 is 0 Å². The third-order valence-corrected chi connectivity index (χ3v) is 3.80. The molecule has 1 saturated carbocycles. The maximum absolute atomic E-state index is 13.1. The number of aliphatic hydroxyl groups excluding tert-OH is 1. The fourth-order valence-corrected chi connectivity index (χ4v) is 2.51. The van der Waals surface area contributed by atoms with Gasteiger partial charge in [-0.15, -0.1) is 0 Å². The number of hydrogen-bond donors (Lipinski definition) is 2. The molecular weight excluding hydrogens is 245 g/mol. The van der Waals surface area contributed by atoms with Crippen molar-refractivity contribution in [2.24, 2.45) is 0 Å². The third kappa shape index (κ3) is 3.53. The Kier molecular flexibility index (Phi) is 4.53. The second-order valence-corrected chi connectivity index (χ2v) is 5.24. The minimum absolute atomic E-state index is 0.156. The number of amides is 1. The van der Waals surface area contributed by atoms with Gasteiger partial charge < -0.3 is 10.4 Å². The molecule has 3 atom stereocenters. The first-order valence-electron chi connectivity index (χ1n) is 6.82. The number of carbonyl (C=O) groups is 1. The summed E-state index contributed by atoms with van der Waals surface area (Å²) in [6.07, 6.45) is 3.11. The Morgan fingerprint density at radius 1 is 1.42 bits per heavy atom. The summed E-state index contributed by atoms with van der Waals surface area (Å²) < 4.78 is 13.1. The van der Waals surface area contributed by atoms with E-state index in [-0.39, 0.29) is 17.8 Å². The molecule has 2 rings (SSSR count). The number of benzene rings is 1. The largest absolute Gasteiger partial charge is 0.391 e. The molecule has 104 valence electrons.